The zero-order chi connectivity index (χ0) is 22.1. The van der Waals surface area contributed by atoms with Crippen LogP contribution in [0.5, 0.6) is 5.75 Å². The van der Waals surface area contributed by atoms with Crippen LogP contribution < -0.4 is 15.4 Å². The van der Waals surface area contributed by atoms with Crippen LogP contribution in [0, 0.1) is 12.7 Å². The van der Waals surface area contributed by atoms with E-state index in [0.717, 1.165) is 12.0 Å². The van der Waals surface area contributed by atoms with Crippen LogP contribution in [0.15, 0.2) is 47.5 Å². The van der Waals surface area contributed by atoms with Crippen molar-refractivity contribution in [2.45, 2.75) is 39.2 Å². The van der Waals surface area contributed by atoms with E-state index in [2.05, 4.69) is 15.6 Å². The molecule has 31 heavy (non-hydrogen) atoms. The summed E-state index contributed by atoms with van der Waals surface area (Å²) < 4.78 is 42.9. The van der Waals surface area contributed by atoms with Crippen molar-refractivity contribution < 1.29 is 17.5 Å². The minimum Gasteiger partial charge on any atom is -0.489 e. The lowest BCUT2D eigenvalue weighted by molar-refractivity contribution is 0.224. The van der Waals surface area contributed by atoms with E-state index in [0.29, 0.717) is 30.2 Å². The van der Waals surface area contributed by atoms with Gasteiger partial charge in [-0.3, -0.25) is 0 Å². The van der Waals surface area contributed by atoms with Crippen molar-refractivity contribution in [1.29, 1.82) is 0 Å². The Hall–Kier alpha value is -1.88. The molecule has 0 heterocycles. The molecule has 0 amide bonds. The van der Waals surface area contributed by atoms with Crippen molar-refractivity contribution in [1.82, 2.24) is 10.6 Å². The molecular formula is C22H31FIN3O3S. The first kappa shape index (κ1) is 27.2. The zero-order valence-corrected chi connectivity index (χ0v) is 21.5. The van der Waals surface area contributed by atoms with Gasteiger partial charge in [0.15, 0.2) is 15.8 Å². The molecule has 1 atom stereocenters. The van der Waals surface area contributed by atoms with E-state index < -0.39 is 15.7 Å². The Labute approximate surface area is 201 Å². The molecule has 2 aromatic carbocycles. The molecule has 0 aromatic heterocycles. The van der Waals surface area contributed by atoms with Gasteiger partial charge in [0, 0.05) is 12.8 Å². The lowest BCUT2D eigenvalue weighted by atomic mass is 10.1. The third-order valence-electron chi connectivity index (χ3n) is 4.25. The minimum absolute atomic E-state index is 0. The first-order valence-electron chi connectivity index (χ1n) is 9.87. The topological polar surface area (TPSA) is 79.8 Å². The molecule has 2 rings (SSSR count). The van der Waals surface area contributed by atoms with Crippen LogP contribution >= 0.6 is 24.0 Å². The van der Waals surface area contributed by atoms with Gasteiger partial charge in [-0.2, -0.15) is 0 Å². The quantitative estimate of drug-likeness (QED) is 0.276. The number of aryl methyl sites for hydroxylation is 1. The number of rotatable bonds is 9. The predicted octanol–water partition coefficient (Wildman–Crippen LogP) is 3.82. The summed E-state index contributed by atoms with van der Waals surface area (Å²) in [5, 5.41) is 6.34. The number of halogens is 2. The number of nitrogens with zero attached hydrogens (tertiary/aromatic N) is 1. The molecule has 2 aromatic rings. The van der Waals surface area contributed by atoms with E-state index in [1.165, 1.54) is 23.8 Å². The highest BCUT2D eigenvalue weighted by Crippen LogP contribution is 2.16. The number of aliphatic imine (C=N–C) groups is 1. The first-order chi connectivity index (χ1) is 14.2. The molecule has 0 aliphatic carbocycles. The molecule has 0 bridgehead atoms. The van der Waals surface area contributed by atoms with Crippen molar-refractivity contribution in [3.63, 3.8) is 0 Å². The molecule has 0 aliphatic rings. The summed E-state index contributed by atoms with van der Waals surface area (Å²) in [5.41, 5.74) is 2.26. The van der Waals surface area contributed by atoms with E-state index >= 15 is 0 Å². The summed E-state index contributed by atoms with van der Waals surface area (Å²) in [4.78, 5) is 4.48. The van der Waals surface area contributed by atoms with Crippen LogP contribution in [0.4, 0.5) is 4.39 Å². The number of hydrogen-bond acceptors (Lipinski definition) is 4. The fourth-order valence-electron chi connectivity index (χ4n) is 2.80. The van der Waals surface area contributed by atoms with Crippen molar-refractivity contribution in [3.8, 4) is 5.75 Å². The fourth-order valence-corrected chi connectivity index (χ4v) is 3.65. The summed E-state index contributed by atoms with van der Waals surface area (Å²) in [7, 11) is -3.23. The van der Waals surface area contributed by atoms with Crippen molar-refractivity contribution in [3.05, 3.63) is 65.0 Å². The van der Waals surface area contributed by atoms with E-state index in [1.807, 2.05) is 45.0 Å². The molecule has 0 aliphatic heterocycles. The summed E-state index contributed by atoms with van der Waals surface area (Å²) in [5.74, 6) is 0.771. The second kappa shape index (κ2) is 12.8. The molecule has 6 nitrogen and oxygen atoms in total. The lowest BCUT2D eigenvalue weighted by Crippen LogP contribution is -2.41. The summed E-state index contributed by atoms with van der Waals surface area (Å²) in [6.45, 7) is 7.24. The van der Waals surface area contributed by atoms with Gasteiger partial charge in [0.1, 0.15) is 17.7 Å². The SMILES string of the molecule is CCNC(=NCc1cc(F)ccc1CS(C)(=O)=O)NCC(C)Oc1ccc(C)cc1.I. The summed E-state index contributed by atoms with van der Waals surface area (Å²) >= 11 is 0. The zero-order valence-electron chi connectivity index (χ0n) is 18.3. The van der Waals surface area contributed by atoms with Gasteiger partial charge in [-0.05, 0) is 56.2 Å². The van der Waals surface area contributed by atoms with E-state index in [1.54, 1.807) is 0 Å². The normalized spacial score (nSPS) is 12.6. The molecular weight excluding hydrogens is 532 g/mol. The van der Waals surface area contributed by atoms with Gasteiger partial charge in [0.2, 0.25) is 0 Å². The molecule has 9 heteroatoms. The molecule has 0 spiro atoms. The van der Waals surface area contributed by atoms with Gasteiger partial charge < -0.3 is 15.4 Å². The Kier molecular flexibility index (Phi) is 11.3. The van der Waals surface area contributed by atoms with Gasteiger partial charge in [-0.25, -0.2) is 17.8 Å². The Morgan fingerprint density at radius 3 is 2.42 bits per heavy atom. The number of guanidine groups is 1. The second-order valence-electron chi connectivity index (χ2n) is 7.30. The van der Waals surface area contributed by atoms with Crippen molar-refractivity contribution in [2.24, 2.45) is 4.99 Å². The van der Waals surface area contributed by atoms with Crippen molar-refractivity contribution in [2.75, 3.05) is 19.3 Å². The smallest absolute Gasteiger partial charge is 0.191 e. The van der Waals surface area contributed by atoms with Crippen LogP contribution in [0.3, 0.4) is 0 Å². The molecule has 2 N–H and O–H groups in total. The monoisotopic (exact) mass is 563 g/mol. The predicted molar refractivity (Wildman–Crippen MR) is 134 cm³/mol. The number of nitrogens with one attached hydrogen (secondary N) is 2. The lowest BCUT2D eigenvalue weighted by Gasteiger charge is -2.18. The second-order valence-corrected chi connectivity index (χ2v) is 9.44. The maximum absolute atomic E-state index is 13.7. The van der Waals surface area contributed by atoms with Gasteiger partial charge in [0.05, 0.1) is 18.8 Å². The number of sulfone groups is 1. The average molecular weight is 563 g/mol. The standard InChI is InChI=1S/C22H30FN3O3S.HI/c1-5-24-22(25-13-17(3)29-21-10-6-16(2)7-11-21)26-14-19-12-20(23)9-8-18(19)15-30(4,27)28;/h6-12,17H,5,13-15H2,1-4H3,(H2,24,25,26);1H. The third kappa shape index (κ3) is 10.3. The van der Waals surface area contributed by atoms with Crippen LogP contribution in [-0.4, -0.2) is 39.8 Å². The average Bonchev–Trinajstić information content (AvgIpc) is 2.66. The molecule has 172 valence electrons. The maximum Gasteiger partial charge on any atom is 0.191 e. The summed E-state index contributed by atoms with van der Waals surface area (Å²) in [6, 6.07) is 11.9. The molecule has 0 radical (unpaired) electrons. The summed E-state index contributed by atoms with van der Waals surface area (Å²) in [6.07, 6.45) is 1.05. The van der Waals surface area contributed by atoms with Gasteiger partial charge in [0.25, 0.3) is 0 Å². The minimum atomic E-state index is -3.23. The van der Waals surface area contributed by atoms with Gasteiger partial charge in [-0.15, -0.1) is 24.0 Å². The molecule has 1 unspecified atom stereocenters. The molecule has 0 fully saturated rings. The Bertz CT molecular complexity index is 966. The fraction of sp³-hybridized carbons (Fsp3) is 0.409. The highest BCUT2D eigenvalue weighted by molar-refractivity contribution is 14.0. The number of hydrogen-bond donors (Lipinski definition) is 2. The third-order valence-corrected chi connectivity index (χ3v) is 5.09. The van der Waals surface area contributed by atoms with Crippen LogP contribution in [0.2, 0.25) is 0 Å². The highest BCUT2D eigenvalue weighted by Gasteiger charge is 2.11. The van der Waals surface area contributed by atoms with E-state index in [-0.39, 0.29) is 42.4 Å². The maximum atomic E-state index is 13.7. The molecule has 0 saturated heterocycles. The first-order valence-corrected chi connectivity index (χ1v) is 11.9. The number of ether oxygens (including phenoxy) is 1. The Morgan fingerprint density at radius 1 is 1.13 bits per heavy atom. The molecule has 0 saturated carbocycles. The largest absolute Gasteiger partial charge is 0.489 e. The van der Waals surface area contributed by atoms with Gasteiger partial charge in [-0.1, -0.05) is 23.8 Å². The van der Waals surface area contributed by atoms with Crippen LogP contribution in [0.25, 0.3) is 0 Å². The van der Waals surface area contributed by atoms with Gasteiger partial charge >= 0.3 is 0 Å². The van der Waals surface area contributed by atoms with Crippen molar-refractivity contribution >= 4 is 39.8 Å². The van der Waals surface area contributed by atoms with E-state index in [9.17, 15) is 12.8 Å². The van der Waals surface area contributed by atoms with Crippen LogP contribution in [-0.2, 0) is 22.1 Å². The Balaban J connectivity index is 0.00000480. The Morgan fingerprint density at radius 2 is 1.81 bits per heavy atom. The van der Waals surface area contributed by atoms with Crippen LogP contribution in [0.1, 0.15) is 30.5 Å². The number of benzene rings is 2. The highest BCUT2D eigenvalue weighted by atomic mass is 127. The van der Waals surface area contributed by atoms with E-state index in [4.69, 9.17) is 4.74 Å².